The molecular formula is C7H9BF3N2-. The molecule has 0 spiro atoms. The van der Waals surface area contributed by atoms with Crippen molar-refractivity contribution in [2.75, 3.05) is 5.73 Å². The molecule has 1 aromatic carbocycles. The lowest BCUT2D eigenvalue weighted by molar-refractivity contribution is 0.501. The second kappa shape index (κ2) is 3.29. The Labute approximate surface area is 73.8 Å². The number of anilines is 1. The third kappa shape index (κ3) is 2.38. The van der Waals surface area contributed by atoms with Gasteiger partial charge in [0.2, 0.25) is 0 Å². The highest BCUT2D eigenvalue weighted by atomic mass is 19.4. The largest absolute Gasteiger partial charge is 0.509 e. The molecule has 0 aliphatic carbocycles. The molecule has 0 aromatic heterocycles. The highest BCUT2D eigenvalue weighted by Crippen LogP contribution is 2.13. The Morgan fingerprint density at radius 2 is 1.77 bits per heavy atom. The summed E-state index contributed by atoms with van der Waals surface area (Å²) >= 11 is 0. The Morgan fingerprint density at radius 1 is 1.15 bits per heavy atom. The van der Waals surface area contributed by atoms with E-state index in [2.05, 4.69) is 0 Å². The summed E-state index contributed by atoms with van der Waals surface area (Å²) in [4.78, 5) is 0. The molecule has 0 fully saturated rings. The zero-order valence-corrected chi connectivity index (χ0v) is 6.81. The molecule has 0 unspecified atom stereocenters. The highest BCUT2D eigenvalue weighted by molar-refractivity contribution is 6.73. The first-order valence-electron chi connectivity index (χ1n) is 3.73. The molecule has 1 rings (SSSR count). The Bertz CT molecular complexity index is 311. The van der Waals surface area contributed by atoms with Gasteiger partial charge in [-0.2, -0.15) is 0 Å². The minimum atomic E-state index is -4.99. The maximum atomic E-state index is 12.3. The molecule has 0 bridgehead atoms. The van der Waals surface area contributed by atoms with Gasteiger partial charge < -0.3 is 24.4 Å². The summed E-state index contributed by atoms with van der Waals surface area (Å²) < 4.78 is 36.8. The van der Waals surface area contributed by atoms with Gasteiger partial charge in [-0.15, -0.1) is 5.46 Å². The van der Waals surface area contributed by atoms with E-state index < -0.39 is 12.4 Å². The number of hydrogen-bond donors (Lipinski definition) is 2. The molecule has 72 valence electrons. The molecule has 0 atom stereocenters. The van der Waals surface area contributed by atoms with Crippen LogP contribution in [0.2, 0.25) is 0 Å². The first-order chi connectivity index (χ1) is 5.93. The van der Waals surface area contributed by atoms with Crippen molar-refractivity contribution in [3.63, 3.8) is 0 Å². The molecule has 2 nitrogen and oxygen atoms in total. The van der Waals surface area contributed by atoms with Crippen molar-refractivity contribution in [3.8, 4) is 0 Å². The van der Waals surface area contributed by atoms with Gasteiger partial charge in [0.25, 0.3) is 0 Å². The molecule has 1 aromatic rings. The van der Waals surface area contributed by atoms with E-state index in [1.165, 1.54) is 6.07 Å². The summed E-state index contributed by atoms with van der Waals surface area (Å²) in [5.74, 6) is 0. The number of nitrogen functional groups attached to an aromatic ring is 1. The molecule has 0 radical (unpaired) electrons. The molecule has 6 heteroatoms. The van der Waals surface area contributed by atoms with Crippen LogP contribution >= 0.6 is 0 Å². The van der Waals surface area contributed by atoms with Crippen LogP contribution in [0.1, 0.15) is 5.56 Å². The molecule has 4 N–H and O–H groups in total. The fraction of sp³-hybridized carbons (Fsp3) is 0.143. The minimum absolute atomic E-state index is 0.0597. The number of benzene rings is 1. The van der Waals surface area contributed by atoms with Crippen molar-refractivity contribution < 1.29 is 12.9 Å². The van der Waals surface area contributed by atoms with Crippen LogP contribution in [-0.2, 0) is 6.54 Å². The second-order valence-electron chi connectivity index (χ2n) is 2.79. The van der Waals surface area contributed by atoms with E-state index in [-0.39, 0.29) is 12.2 Å². The number of nitrogens with two attached hydrogens (primary N) is 2. The molecule has 0 saturated carbocycles. The maximum absolute atomic E-state index is 12.3. The summed E-state index contributed by atoms with van der Waals surface area (Å²) in [5, 5.41) is 0. The zero-order valence-electron chi connectivity index (χ0n) is 6.81. The van der Waals surface area contributed by atoms with Crippen LogP contribution in [0.4, 0.5) is 18.6 Å². The third-order valence-corrected chi connectivity index (χ3v) is 1.65. The lowest BCUT2D eigenvalue weighted by Crippen LogP contribution is -2.34. The van der Waals surface area contributed by atoms with Crippen LogP contribution in [0, 0.1) is 0 Å². The van der Waals surface area contributed by atoms with Gasteiger partial charge in [0, 0.05) is 12.2 Å². The minimum Gasteiger partial charge on any atom is -0.445 e. The monoisotopic (exact) mass is 189 g/mol. The average molecular weight is 189 g/mol. The third-order valence-electron chi connectivity index (χ3n) is 1.65. The SMILES string of the molecule is NCc1cc(N)cc([B-](F)(F)F)c1. The second-order valence-corrected chi connectivity index (χ2v) is 2.79. The van der Waals surface area contributed by atoms with Gasteiger partial charge in [-0.05, 0) is 11.6 Å². The van der Waals surface area contributed by atoms with Crippen LogP contribution in [0.25, 0.3) is 0 Å². The zero-order chi connectivity index (χ0) is 10.1. The van der Waals surface area contributed by atoms with Gasteiger partial charge in [-0.25, -0.2) is 0 Å². The highest BCUT2D eigenvalue weighted by Gasteiger charge is 2.25. The maximum Gasteiger partial charge on any atom is 0.509 e. The van der Waals surface area contributed by atoms with Crippen molar-refractivity contribution in [2.24, 2.45) is 5.73 Å². The molecule has 0 heterocycles. The van der Waals surface area contributed by atoms with E-state index in [1.54, 1.807) is 0 Å². The van der Waals surface area contributed by atoms with E-state index in [0.29, 0.717) is 5.56 Å². The lowest BCUT2D eigenvalue weighted by Gasteiger charge is -2.16. The van der Waals surface area contributed by atoms with Gasteiger partial charge >= 0.3 is 6.98 Å². The Hall–Kier alpha value is -1.17. The Kier molecular flexibility index (Phi) is 2.51. The predicted octanol–water partition coefficient (Wildman–Crippen LogP) is 0.782. The van der Waals surface area contributed by atoms with Gasteiger partial charge in [-0.1, -0.05) is 12.1 Å². The topological polar surface area (TPSA) is 52.0 Å². The van der Waals surface area contributed by atoms with Gasteiger partial charge in [-0.3, -0.25) is 0 Å². The van der Waals surface area contributed by atoms with E-state index in [1.807, 2.05) is 0 Å². The van der Waals surface area contributed by atoms with Crippen molar-refractivity contribution in [2.45, 2.75) is 6.54 Å². The molecule has 0 amide bonds. The van der Waals surface area contributed by atoms with Crippen LogP contribution in [0.5, 0.6) is 0 Å². The standard InChI is InChI=1S/C7H9BF3N2/c9-8(10,11)6-1-5(4-12)2-7(13)3-6/h1-3H,4,12-13H2/q-1. The van der Waals surface area contributed by atoms with Crippen molar-refractivity contribution in [1.29, 1.82) is 0 Å². The molecule has 0 aliphatic rings. The number of halogens is 3. The van der Waals surface area contributed by atoms with Crippen LogP contribution < -0.4 is 16.9 Å². The number of hydrogen-bond acceptors (Lipinski definition) is 2. The normalized spacial score (nSPS) is 11.7. The van der Waals surface area contributed by atoms with Crippen LogP contribution in [-0.4, -0.2) is 6.98 Å². The fourth-order valence-corrected chi connectivity index (χ4v) is 1.05. The summed E-state index contributed by atoms with van der Waals surface area (Å²) in [6.45, 7) is -4.93. The fourth-order valence-electron chi connectivity index (χ4n) is 1.05. The predicted molar refractivity (Wildman–Crippen MR) is 47.5 cm³/mol. The number of rotatable bonds is 2. The lowest BCUT2D eigenvalue weighted by atomic mass is 9.79. The molecule has 0 saturated heterocycles. The quantitative estimate of drug-likeness (QED) is 0.533. The van der Waals surface area contributed by atoms with Gasteiger partial charge in [0.05, 0.1) is 0 Å². The Morgan fingerprint density at radius 3 is 2.23 bits per heavy atom. The van der Waals surface area contributed by atoms with Crippen molar-refractivity contribution in [3.05, 3.63) is 23.8 Å². The van der Waals surface area contributed by atoms with E-state index >= 15 is 0 Å². The Balaban J connectivity index is 3.16. The van der Waals surface area contributed by atoms with E-state index in [0.717, 1.165) is 12.1 Å². The molecule has 0 aliphatic heterocycles. The summed E-state index contributed by atoms with van der Waals surface area (Å²) in [7, 11) is 0. The first-order valence-corrected chi connectivity index (χ1v) is 3.73. The summed E-state index contributed by atoms with van der Waals surface area (Å²) in [6, 6.07) is 3.38. The average Bonchev–Trinajstić information content (AvgIpc) is 2.01. The van der Waals surface area contributed by atoms with E-state index in [9.17, 15) is 12.9 Å². The smallest absolute Gasteiger partial charge is 0.445 e. The summed E-state index contributed by atoms with van der Waals surface area (Å²) in [6.07, 6.45) is 0. The van der Waals surface area contributed by atoms with Crippen LogP contribution in [0.15, 0.2) is 18.2 Å². The molecule has 13 heavy (non-hydrogen) atoms. The van der Waals surface area contributed by atoms with Crippen LogP contribution in [0.3, 0.4) is 0 Å². The van der Waals surface area contributed by atoms with Gasteiger partial charge in [0.15, 0.2) is 0 Å². The first kappa shape index (κ1) is 9.92. The molecular weight excluding hydrogens is 180 g/mol. The van der Waals surface area contributed by atoms with Crippen molar-refractivity contribution >= 4 is 18.1 Å². The van der Waals surface area contributed by atoms with Crippen molar-refractivity contribution in [1.82, 2.24) is 0 Å². The van der Waals surface area contributed by atoms with E-state index in [4.69, 9.17) is 11.5 Å². The summed E-state index contributed by atoms with van der Waals surface area (Å²) in [5.41, 5.74) is 10.3. The van der Waals surface area contributed by atoms with Gasteiger partial charge in [0.1, 0.15) is 0 Å².